The Morgan fingerprint density at radius 1 is 1.29 bits per heavy atom. The van der Waals surface area contributed by atoms with E-state index in [4.69, 9.17) is 0 Å². The molecule has 0 amide bonds. The van der Waals surface area contributed by atoms with Crippen LogP contribution in [0, 0.1) is 5.92 Å². The number of sulfonamides is 1. The van der Waals surface area contributed by atoms with Crippen LogP contribution in [-0.2, 0) is 10.0 Å². The molecule has 0 bridgehead atoms. The highest BCUT2D eigenvalue weighted by molar-refractivity contribution is 7.89. The lowest BCUT2D eigenvalue weighted by molar-refractivity contribution is 0.165. The topological polar surface area (TPSA) is 49.4 Å². The zero-order valence-corrected chi connectivity index (χ0v) is 14.5. The molecule has 6 heteroatoms. The number of nitrogens with one attached hydrogen (secondary N) is 1. The largest absolute Gasteiger partial charge is 0.295 e. The van der Waals surface area contributed by atoms with Gasteiger partial charge in [0, 0.05) is 12.6 Å². The third kappa shape index (κ3) is 5.36. The quantitative estimate of drug-likeness (QED) is 0.836. The van der Waals surface area contributed by atoms with Gasteiger partial charge in [0.05, 0.1) is 5.75 Å². The summed E-state index contributed by atoms with van der Waals surface area (Å²) in [6.45, 7) is 6.46. The standard InChI is InChI=1S/C15H26N2O2S2/c1-13(2)12-21(18,19)16-10-15(14-6-9-20-11-14)17-7-4-3-5-8-17/h6,9,11,13,15-16H,3-5,7-8,10,12H2,1-2H3. The van der Waals surface area contributed by atoms with E-state index in [9.17, 15) is 8.42 Å². The Balaban J connectivity index is 2.03. The van der Waals surface area contributed by atoms with Crippen LogP contribution in [0.3, 0.4) is 0 Å². The molecule has 1 fully saturated rings. The number of likely N-dealkylation sites (tertiary alicyclic amines) is 1. The van der Waals surface area contributed by atoms with Crippen LogP contribution in [0.1, 0.15) is 44.7 Å². The Kier molecular flexibility index (Phi) is 6.22. The number of thiophene rings is 1. The van der Waals surface area contributed by atoms with Crippen LogP contribution in [0.15, 0.2) is 16.8 Å². The first-order chi connectivity index (χ1) is 9.98. The van der Waals surface area contributed by atoms with Crippen molar-refractivity contribution < 1.29 is 8.42 Å². The zero-order chi connectivity index (χ0) is 15.3. The van der Waals surface area contributed by atoms with E-state index < -0.39 is 10.0 Å². The zero-order valence-electron chi connectivity index (χ0n) is 12.9. The van der Waals surface area contributed by atoms with E-state index in [1.165, 1.54) is 24.8 Å². The molecule has 2 rings (SSSR count). The summed E-state index contributed by atoms with van der Waals surface area (Å²) in [4.78, 5) is 2.42. The van der Waals surface area contributed by atoms with Crippen molar-refractivity contribution in [3.05, 3.63) is 22.4 Å². The van der Waals surface area contributed by atoms with Gasteiger partial charge in [0.25, 0.3) is 0 Å². The normalized spacial score (nSPS) is 19.0. The van der Waals surface area contributed by atoms with Crippen LogP contribution >= 0.6 is 11.3 Å². The highest BCUT2D eigenvalue weighted by Crippen LogP contribution is 2.26. The Hall–Kier alpha value is -0.430. The van der Waals surface area contributed by atoms with Crippen LogP contribution in [0.25, 0.3) is 0 Å². The molecule has 1 unspecified atom stereocenters. The number of nitrogens with zero attached hydrogens (tertiary/aromatic N) is 1. The van der Waals surface area contributed by atoms with Crippen LogP contribution in [0.2, 0.25) is 0 Å². The van der Waals surface area contributed by atoms with Crippen molar-refractivity contribution in [3.8, 4) is 0 Å². The van der Waals surface area contributed by atoms with E-state index >= 15 is 0 Å². The fraction of sp³-hybridized carbons (Fsp3) is 0.733. The minimum absolute atomic E-state index is 0.150. The average molecular weight is 331 g/mol. The van der Waals surface area contributed by atoms with Crippen LogP contribution in [0.5, 0.6) is 0 Å². The van der Waals surface area contributed by atoms with Crippen molar-refractivity contribution >= 4 is 21.4 Å². The van der Waals surface area contributed by atoms with Gasteiger partial charge in [-0.25, -0.2) is 13.1 Å². The smallest absolute Gasteiger partial charge is 0.211 e. The highest BCUT2D eigenvalue weighted by atomic mass is 32.2. The molecule has 1 atom stereocenters. The van der Waals surface area contributed by atoms with Gasteiger partial charge in [0.1, 0.15) is 0 Å². The predicted octanol–water partition coefficient (Wildman–Crippen LogP) is 2.85. The van der Waals surface area contributed by atoms with Crippen LogP contribution in [-0.4, -0.2) is 38.7 Å². The maximum absolute atomic E-state index is 12.1. The summed E-state index contributed by atoms with van der Waals surface area (Å²) in [5, 5.41) is 4.20. The molecule has 1 aromatic heterocycles. The summed E-state index contributed by atoms with van der Waals surface area (Å²) in [5.74, 6) is 0.348. The molecule has 1 aliphatic heterocycles. The predicted molar refractivity (Wildman–Crippen MR) is 89.1 cm³/mol. The first kappa shape index (κ1) is 16.9. The Morgan fingerprint density at radius 3 is 2.57 bits per heavy atom. The molecule has 4 nitrogen and oxygen atoms in total. The summed E-state index contributed by atoms with van der Waals surface area (Å²) >= 11 is 1.67. The minimum atomic E-state index is -3.18. The number of piperidine rings is 1. The summed E-state index contributed by atoms with van der Waals surface area (Å²) in [6, 6.07) is 2.28. The van der Waals surface area contributed by atoms with Crippen molar-refractivity contribution in [2.75, 3.05) is 25.4 Å². The molecule has 21 heavy (non-hydrogen) atoms. The van der Waals surface area contributed by atoms with E-state index in [1.807, 2.05) is 13.8 Å². The van der Waals surface area contributed by atoms with Crippen LogP contribution in [0.4, 0.5) is 0 Å². The van der Waals surface area contributed by atoms with Gasteiger partial charge < -0.3 is 0 Å². The Labute approximate surface area is 132 Å². The monoisotopic (exact) mass is 330 g/mol. The van der Waals surface area contributed by atoms with E-state index in [-0.39, 0.29) is 17.7 Å². The van der Waals surface area contributed by atoms with Gasteiger partial charge in [-0.3, -0.25) is 4.90 Å². The van der Waals surface area contributed by atoms with Crippen molar-refractivity contribution in [2.45, 2.75) is 39.2 Å². The lowest BCUT2D eigenvalue weighted by atomic mass is 10.0. The van der Waals surface area contributed by atoms with Gasteiger partial charge in [0.15, 0.2) is 0 Å². The van der Waals surface area contributed by atoms with Gasteiger partial charge in [-0.1, -0.05) is 20.3 Å². The first-order valence-corrected chi connectivity index (χ1v) is 10.3. The molecule has 1 N–H and O–H groups in total. The van der Waals surface area contributed by atoms with Crippen molar-refractivity contribution in [1.82, 2.24) is 9.62 Å². The third-order valence-corrected chi connectivity index (χ3v) is 6.22. The average Bonchev–Trinajstić information content (AvgIpc) is 2.92. The molecular weight excluding hydrogens is 304 g/mol. The Morgan fingerprint density at radius 2 is 2.00 bits per heavy atom. The molecule has 1 saturated heterocycles. The molecule has 1 aromatic rings. The van der Waals surface area contributed by atoms with E-state index in [0.29, 0.717) is 6.54 Å². The summed E-state index contributed by atoms with van der Waals surface area (Å²) < 4.78 is 27.0. The number of rotatable bonds is 7. The summed E-state index contributed by atoms with van der Waals surface area (Å²) in [6.07, 6.45) is 3.70. The lowest BCUT2D eigenvalue weighted by Gasteiger charge is -2.34. The van der Waals surface area contributed by atoms with E-state index in [2.05, 4.69) is 26.4 Å². The molecule has 0 aliphatic carbocycles. The van der Waals surface area contributed by atoms with E-state index in [0.717, 1.165) is 13.1 Å². The number of hydrogen-bond donors (Lipinski definition) is 1. The second-order valence-corrected chi connectivity index (χ2v) is 8.82. The second kappa shape index (κ2) is 7.72. The molecule has 0 spiro atoms. The second-order valence-electron chi connectivity index (χ2n) is 6.19. The molecule has 2 heterocycles. The van der Waals surface area contributed by atoms with Gasteiger partial charge in [-0.15, -0.1) is 0 Å². The fourth-order valence-corrected chi connectivity index (χ4v) is 4.97. The summed E-state index contributed by atoms with van der Waals surface area (Å²) in [7, 11) is -3.18. The van der Waals surface area contributed by atoms with Crippen molar-refractivity contribution in [1.29, 1.82) is 0 Å². The highest BCUT2D eigenvalue weighted by Gasteiger charge is 2.24. The molecule has 1 aliphatic rings. The van der Waals surface area contributed by atoms with E-state index in [1.54, 1.807) is 11.3 Å². The van der Waals surface area contributed by atoms with Gasteiger partial charge in [0.2, 0.25) is 10.0 Å². The van der Waals surface area contributed by atoms with Crippen LogP contribution < -0.4 is 4.72 Å². The third-order valence-electron chi connectivity index (χ3n) is 3.81. The molecule has 0 radical (unpaired) electrons. The fourth-order valence-electron chi connectivity index (χ4n) is 2.86. The van der Waals surface area contributed by atoms with Gasteiger partial charge in [-0.2, -0.15) is 11.3 Å². The lowest BCUT2D eigenvalue weighted by Crippen LogP contribution is -2.41. The SMILES string of the molecule is CC(C)CS(=O)(=O)NCC(c1ccsc1)N1CCCCC1. The molecule has 0 saturated carbocycles. The van der Waals surface area contributed by atoms with Gasteiger partial charge in [-0.05, 0) is 54.2 Å². The minimum Gasteiger partial charge on any atom is -0.295 e. The number of hydrogen-bond acceptors (Lipinski definition) is 4. The first-order valence-electron chi connectivity index (χ1n) is 7.71. The molecule has 0 aromatic carbocycles. The summed E-state index contributed by atoms with van der Waals surface area (Å²) in [5.41, 5.74) is 1.23. The molecule has 120 valence electrons. The maximum atomic E-state index is 12.1. The van der Waals surface area contributed by atoms with Gasteiger partial charge >= 0.3 is 0 Å². The van der Waals surface area contributed by atoms with Crippen molar-refractivity contribution in [2.24, 2.45) is 5.92 Å². The maximum Gasteiger partial charge on any atom is 0.211 e. The molecular formula is C15H26N2O2S2. The Bertz CT molecular complexity index is 506. The van der Waals surface area contributed by atoms with Crippen molar-refractivity contribution in [3.63, 3.8) is 0 Å².